The van der Waals surface area contributed by atoms with E-state index >= 15 is 0 Å². The molecule has 0 bridgehead atoms. The molecule has 3 heteroatoms. The number of hydrogen-bond donors (Lipinski definition) is 1. The van der Waals surface area contributed by atoms with Crippen LogP contribution in [0.3, 0.4) is 0 Å². The molecule has 1 aromatic rings. The van der Waals surface area contributed by atoms with Gasteiger partial charge in [-0.1, -0.05) is 18.3 Å². The van der Waals surface area contributed by atoms with Gasteiger partial charge in [0.15, 0.2) is 0 Å². The van der Waals surface area contributed by atoms with Gasteiger partial charge in [-0.05, 0) is 12.1 Å². The number of aromatic nitrogens is 1. The van der Waals surface area contributed by atoms with E-state index in [0.29, 0.717) is 4.64 Å². The first kappa shape index (κ1) is 6.45. The Balaban J connectivity index is 3.16. The summed E-state index contributed by atoms with van der Waals surface area (Å²) in [6, 6.07) is 5.44. The van der Waals surface area contributed by atoms with Gasteiger partial charge in [0.2, 0.25) is 0 Å². The van der Waals surface area contributed by atoms with Crippen LogP contribution in [-0.2, 0) is 6.73 Å². The van der Waals surface area contributed by atoms with Crippen LogP contribution in [0.5, 0.6) is 0 Å². The quantitative estimate of drug-likeness (QED) is 0.594. The maximum atomic E-state index is 8.61. The Hall–Kier alpha value is -0.670. The van der Waals surface area contributed by atoms with Gasteiger partial charge in [0.25, 0.3) is 0 Å². The van der Waals surface area contributed by atoms with Gasteiger partial charge in [-0.25, -0.2) is 0 Å². The largest absolute Gasteiger partial charge is 0.376 e. The molecule has 0 spiro atoms. The van der Waals surface area contributed by atoms with Crippen LogP contribution in [0.15, 0.2) is 24.4 Å². The van der Waals surface area contributed by atoms with Crippen molar-refractivity contribution in [3.63, 3.8) is 0 Å². The van der Waals surface area contributed by atoms with Gasteiger partial charge in [-0.15, -0.1) is 0 Å². The van der Waals surface area contributed by atoms with E-state index in [1.165, 1.54) is 0 Å². The summed E-state index contributed by atoms with van der Waals surface area (Å²) < 4.78 is 2.23. The van der Waals surface area contributed by atoms with Gasteiger partial charge >= 0.3 is 0 Å². The summed E-state index contributed by atoms with van der Waals surface area (Å²) in [5.41, 5.74) is 0. The summed E-state index contributed by atoms with van der Waals surface area (Å²) in [7, 11) is 0. The third-order valence-electron chi connectivity index (χ3n) is 1.05. The lowest BCUT2D eigenvalue weighted by Gasteiger charge is -1.97. The molecule has 0 aromatic carbocycles. The number of aliphatic hydroxyl groups excluding tert-OH is 1. The molecule has 0 aliphatic rings. The Morgan fingerprint density at radius 2 is 2.33 bits per heavy atom. The van der Waals surface area contributed by atoms with Gasteiger partial charge in [0.05, 0.1) is 0 Å². The summed E-state index contributed by atoms with van der Waals surface area (Å²) in [5, 5.41) is 8.61. The van der Waals surface area contributed by atoms with Crippen LogP contribution in [0.25, 0.3) is 0 Å². The normalized spacial score (nSPS) is 9.44. The molecule has 0 aliphatic heterocycles. The molecule has 0 saturated heterocycles. The first-order chi connectivity index (χ1) is 4.34. The zero-order valence-electron chi connectivity index (χ0n) is 4.82. The molecule has 0 saturated carbocycles. The summed E-state index contributed by atoms with van der Waals surface area (Å²) in [6.07, 6.45) is 1.74. The minimum atomic E-state index is -0.0420. The van der Waals surface area contributed by atoms with E-state index in [4.69, 9.17) is 17.3 Å². The third-order valence-corrected chi connectivity index (χ3v) is 1.42. The molecule has 0 atom stereocenters. The predicted octanol–water partition coefficient (Wildman–Crippen LogP) is 1.17. The Kier molecular flexibility index (Phi) is 1.97. The van der Waals surface area contributed by atoms with Gasteiger partial charge < -0.3 is 9.67 Å². The van der Waals surface area contributed by atoms with E-state index in [2.05, 4.69) is 0 Å². The molecule has 1 aromatic heterocycles. The molecular formula is C6H7NOS. The second-order valence-electron chi connectivity index (χ2n) is 1.65. The Bertz CT molecular complexity index is 243. The Labute approximate surface area is 58.4 Å². The molecule has 1 rings (SSSR count). The number of aliphatic hydroxyl groups is 1. The molecule has 0 unspecified atom stereocenters. The molecular weight excluding hydrogens is 134 g/mol. The lowest BCUT2D eigenvalue weighted by Crippen LogP contribution is -1.96. The van der Waals surface area contributed by atoms with E-state index in [0.717, 1.165) is 0 Å². The number of pyridine rings is 1. The molecule has 48 valence electrons. The van der Waals surface area contributed by atoms with Crippen LogP contribution in [0, 0.1) is 4.64 Å². The van der Waals surface area contributed by atoms with E-state index in [9.17, 15) is 0 Å². The monoisotopic (exact) mass is 141 g/mol. The molecule has 2 nitrogen and oxygen atoms in total. The van der Waals surface area contributed by atoms with Crippen LogP contribution >= 0.6 is 12.2 Å². The molecule has 1 heterocycles. The molecule has 0 aliphatic carbocycles. The van der Waals surface area contributed by atoms with Crippen molar-refractivity contribution in [3.05, 3.63) is 29.0 Å². The van der Waals surface area contributed by atoms with Crippen LogP contribution in [-0.4, -0.2) is 9.67 Å². The smallest absolute Gasteiger partial charge is 0.120 e. The summed E-state index contributed by atoms with van der Waals surface area (Å²) in [6.45, 7) is -0.0420. The third kappa shape index (κ3) is 1.37. The van der Waals surface area contributed by atoms with E-state index < -0.39 is 0 Å². The van der Waals surface area contributed by atoms with Gasteiger partial charge in [-0.2, -0.15) is 0 Å². The zero-order chi connectivity index (χ0) is 6.69. The fraction of sp³-hybridized carbons (Fsp3) is 0.167. The highest BCUT2D eigenvalue weighted by Gasteiger charge is 1.82. The Morgan fingerprint density at radius 3 is 2.78 bits per heavy atom. The minimum Gasteiger partial charge on any atom is -0.376 e. The van der Waals surface area contributed by atoms with Gasteiger partial charge in [-0.3, -0.25) is 0 Å². The maximum absolute atomic E-state index is 8.61. The highest BCUT2D eigenvalue weighted by molar-refractivity contribution is 7.71. The van der Waals surface area contributed by atoms with Crippen molar-refractivity contribution in [3.8, 4) is 0 Å². The predicted molar refractivity (Wildman–Crippen MR) is 37.5 cm³/mol. The topological polar surface area (TPSA) is 25.2 Å². The maximum Gasteiger partial charge on any atom is 0.120 e. The average molecular weight is 141 g/mol. The van der Waals surface area contributed by atoms with Crippen molar-refractivity contribution in [2.75, 3.05) is 0 Å². The molecule has 0 radical (unpaired) electrons. The second-order valence-corrected chi connectivity index (χ2v) is 2.07. The highest BCUT2D eigenvalue weighted by Crippen LogP contribution is 1.90. The van der Waals surface area contributed by atoms with Crippen molar-refractivity contribution >= 4 is 12.2 Å². The summed E-state index contributed by atoms with van der Waals surface area (Å²) >= 11 is 4.85. The second kappa shape index (κ2) is 2.75. The lowest BCUT2D eigenvalue weighted by atomic mass is 10.5. The fourth-order valence-corrected chi connectivity index (χ4v) is 0.775. The lowest BCUT2D eigenvalue weighted by molar-refractivity contribution is 0.208. The Morgan fingerprint density at radius 1 is 1.56 bits per heavy atom. The first-order valence-corrected chi connectivity index (χ1v) is 3.02. The van der Waals surface area contributed by atoms with Crippen LogP contribution in [0.2, 0.25) is 0 Å². The van der Waals surface area contributed by atoms with Crippen LogP contribution < -0.4 is 0 Å². The van der Waals surface area contributed by atoms with Crippen LogP contribution in [0.1, 0.15) is 0 Å². The number of nitrogens with zero attached hydrogens (tertiary/aromatic N) is 1. The van der Waals surface area contributed by atoms with Gasteiger partial charge in [0, 0.05) is 6.20 Å². The minimum absolute atomic E-state index is 0.0420. The molecule has 0 fully saturated rings. The molecule has 0 amide bonds. The zero-order valence-corrected chi connectivity index (χ0v) is 5.64. The summed E-state index contributed by atoms with van der Waals surface area (Å²) in [5.74, 6) is 0. The molecule has 1 N–H and O–H groups in total. The van der Waals surface area contributed by atoms with Crippen molar-refractivity contribution in [2.45, 2.75) is 6.73 Å². The first-order valence-electron chi connectivity index (χ1n) is 2.61. The van der Waals surface area contributed by atoms with Crippen molar-refractivity contribution in [1.82, 2.24) is 4.57 Å². The fourth-order valence-electron chi connectivity index (χ4n) is 0.577. The summed E-state index contributed by atoms with van der Waals surface area (Å²) in [4.78, 5) is 0. The van der Waals surface area contributed by atoms with E-state index in [1.54, 1.807) is 16.8 Å². The van der Waals surface area contributed by atoms with Crippen LogP contribution in [0.4, 0.5) is 0 Å². The van der Waals surface area contributed by atoms with Gasteiger partial charge in [0.1, 0.15) is 11.4 Å². The standard InChI is InChI=1S/C6H7NOS/c8-5-7-4-2-1-3-6(7)9/h1-4,8H,5H2. The molecule has 9 heavy (non-hydrogen) atoms. The average Bonchev–Trinajstić information content (AvgIpc) is 1.89. The van der Waals surface area contributed by atoms with Crippen molar-refractivity contribution < 1.29 is 5.11 Å². The van der Waals surface area contributed by atoms with Crippen molar-refractivity contribution in [1.29, 1.82) is 0 Å². The number of rotatable bonds is 1. The number of hydrogen-bond acceptors (Lipinski definition) is 2. The van der Waals surface area contributed by atoms with E-state index in [1.807, 2.05) is 12.1 Å². The van der Waals surface area contributed by atoms with E-state index in [-0.39, 0.29) is 6.73 Å². The highest BCUT2D eigenvalue weighted by atomic mass is 32.1. The SMILES string of the molecule is OCn1ccccc1=S. The van der Waals surface area contributed by atoms with Crippen molar-refractivity contribution in [2.24, 2.45) is 0 Å².